The highest BCUT2D eigenvalue weighted by molar-refractivity contribution is 9.10. The molecule has 0 atom stereocenters. The van der Waals surface area contributed by atoms with Crippen molar-refractivity contribution >= 4 is 26.8 Å². The second-order valence-electron chi connectivity index (χ2n) is 4.40. The molecule has 0 aliphatic heterocycles. The van der Waals surface area contributed by atoms with Gasteiger partial charge < -0.3 is 0 Å². The van der Waals surface area contributed by atoms with Gasteiger partial charge in [-0.15, -0.1) is 0 Å². The molecule has 0 unspecified atom stereocenters. The van der Waals surface area contributed by atoms with Crippen molar-refractivity contribution in [2.45, 2.75) is 6.18 Å². The molecule has 0 spiro atoms. The van der Waals surface area contributed by atoms with Crippen LogP contribution in [0, 0.1) is 5.82 Å². The lowest BCUT2D eigenvalue weighted by Gasteiger charge is -2.13. The van der Waals surface area contributed by atoms with E-state index < -0.39 is 17.6 Å². The van der Waals surface area contributed by atoms with Gasteiger partial charge in [-0.3, -0.25) is 0 Å². The summed E-state index contributed by atoms with van der Waals surface area (Å²) in [6.07, 6.45) is -3.16. The van der Waals surface area contributed by atoms with Crippen molar-refractivity contribution in [3.05, 3.63) is 58.4 Å². The molecule has 7 heteroatoms. The van der Waals surface area contributed by atoms with Gasteiger partial charge in [-0.25, -0.2) is 9.07 Å². The lowest BCUT2D eigenvalue weighted by molar-refractivity contribution is -0.137. The van der Waals surface area contributed by atoms with E-state index in [1.54, 1.807) is 0 Å². The van der Waals surface area contributed by atoms with Gasteiger partial charge in [0, 0.05) is 5.39 Å². The van der Waals surface area contributed by atoms with E-state index in [4.69, 9.17) is 0 Å². The predicted molar refractivity (Wildman–Crippen MR) is 73.7 cm³/mol. The molecule has 3 rings (SSSR count). The molecule has 0 aliphatic carbocycles. The second-order valence-corrected chi connectivity index (χ2v) is 5.25. The molecule has 1 heterocycles. The van der Waals surface area contributed by atoms with E-state index in [1.807, 2.05) is 0 Å². The normalized spacial score (nSPS) is 12.0. The van der Waals surface area contributed by atoms with Crippen molar-refractivity contribution in [2.24, 2.45) is 0 Å². The highest BCUT2D eigenvalue weighted by Crippen LogP contribution is 2.35. The third kappa shape index (κ3) is 2.42. The van der Waals surface area contributed by atoms with Crippen LogP contribution in [0.4, 0.5) is 17.6 Å². The molecular formula is C14H7BrF4N2. The molecule has 2 aromatic carbocycles. The summed E-state index contributed by atoms with van der Waals surface area (Å²) in [4.78, 5) is 0. The summed E-state index contributed by atoms with van der Waals surface area (Å²) < 4.78 is 54.0. The van der Waals surface area contributed by atoms with Crippen LogP contribution in [0.2, 0.25) is 0 Å². The Hall–Kier alpha value is -1.89. The van der Waals surface area contributed by atoms with Crippen molar-refractivity contribution in [2.75, 3.05) is 0 Å². The lowest BCUT2D eigenvalue weighted by Crippen LogP contribution is -2.11. The summed E-state index contributed by atoms with van der Waals surface area (Å²) in [6.45, 7) is 0. The fourth-order valence-electron chi connectivity index (χ4n) is 2.11. The molecule has 0 bridgehead atoms. The number of hydrogen-bond donors (Lipinski definition) is 0. The van der Waals surface area contributed by atoms with Crippen LogP contribution in [0.5, 0.6) is 0 Å². The molecule has 108 valence electrons. The monoisotopic (exact) mass is 358 g/mol. The predicted octanol–water partition coefficient (Wildman–Crippen LogP) is 4.95. The van der Waals surface area contributed by atoms with Gasteiger partial charge in [-0.2, -0.15) is 18.3 Å². The average Bonchev–Trinajstić information content (AvgIpc) is 2.81. The zero-order valence-electron chi connectivity index (χ0n) is 10.3. The van der Waals surface area contributed by atoms with Gasteiger partial charge in [0.15, 0.2) is 0 Å². The van der Waals surface area contributed by atoms with Crippen molar-refractivity contribution in [3.63, 3.8) is 0 Å². The molecule has 0 saturated heterocycles. The zero-order valence-corrected chi connectivity index (χ0v) is 11.9. The molecule has 1 aromatic heterocycles. The zero-order chi connectivity index (χ0) is 15.2. The summed E-state index contributed by atoms with van der Waals surface area (Å²) in [5.41, 5.74) is -0.506. The van der Waals surface area contributed by atoms with Crippen LogP contribution in [-0.2, 0) is 6.18 Å². The first-order valence-electron chi connectivity index (χ1n) is 5.87. The van der Waals surface area contributed by atoms with Crippen molar-refractivity contribution in [3.8, 4) is 5.69 Å². The largest absolute Gasteiger partial charge is 0.418 e. The van der Waals surface area contributed by atoms with E-state index in [1.165, 1.54) is 36.5 Å². The number of fused-ring (bicyclic) bond motifs is 1. The molecule has 0 radical (unpaired) electrons. The number of benzene rings is 2. The molecule has 0 amide bonds. The fourth-order valence-corrected chi connectivity index (χ4v) is 2.44. The number of nitrogens with zero attached hydrogens (tertiary/aromatic N) is 2. The Morgan fingerprint density at radius 2 is 1.81 bits per heavy atom. The molecule has 3 aromatic rings. The van der Waals surface area contributed by atoms with Gasteiger partial charge in [0.05, 0.1) is 27.4 Å². The second kappa shape index (κ2) is 4.84. The van der Waals surface area contributed by atoms with E-state index >= 15 is 0 Å². The van der Waals surface area contributed by atoms with Crippen molar-refractivity contribution in [1.29, 1.82) is 0 Å². The van der Waals surface area contributed by atoms with Gasteiger partial charge in [0.1, 0.15) is 5.82 Å². The third-order valence-electron chi connectivity index (χ3n) is 3.05. The van der Waals surface area contributed by atoms with Crippen LogP contribution < -0.4 is 0 Å². The highest BCUT2D eigenvalue weighted by atomic mass is 79.9. The number of halogens is 5. The number of rotatable bonds is 1. The minimum absolute atomic E-state index is 0.0986. The molecule has 0 saturated carbocycles. The Bertz CT molecular complexity index is 823. The van der Waals surface area contributed by atoms with Gasteiger partial charge in [0.25, 0.3) is 0 Å². The molecule has 0 N–H and O–H groups in total. The van der Waals surface area contributed by atoms with E-state index in [0.717, 1.165) is 10.7 Å². The van der Waals surface area contributed by atoms with Gasteiger partial charge >= 0.3 is 6.18 Å². The van der Waals surface area contributed by atoms with Gasteiger partial charge in [0.2, 0.25) is 0 Å². The first kappa shape index (κ1) is 14.1. The Kier molecular flexibility index (Phi) is 3.24. The Labute approximate surface area is 125 Å². The smallest absolute Gasteiger partial charge is 0.232 e. The number of alkyl halides is 3. The summed E-state index contributed by atoms with van der Waals surface area (Å²) >= 11 is 3.03. The minimum Gasteiger partial charge on any atom is -0.232 e. The van der Waals surface area contributed by atoms with Crippen LogP contribution in [0.15, 0.2) is 47.1 Å². The summed E-state index contributed by atoms with van der Waals surface area (Å²) in [6, 6.07) is 7.75. The van der Waals surface area contributed by atoms with Gasteiger partial charge in [-0.05, 0) is 40.2 Å². The maximum absolute atomic E-state index is 13.5. The van der Waals surface area contributed by atoms with E-state index in [2.05, 4.69) is 21.0 Å². The van der Waals surface area contributed by atoms with Crippen molar-refractivity contribution in [1.82, 2.24) is 9.78 Å². The topological polar surface area (TPSA) is 17.8 Å². The summed E-state index contributed by atoms with van der Waals surface area (Å²) in [5.74, 6) is -0.494. The third-order valence-corrected chi connectivity index (χ3v) is 3.66. The minimum atomic E-state index is -4.49. The Morgan fingerprint density at radius 3 is 2.52 bits per heavy atom. The quantitative estimate of drug-likeness (QED) is 0.563. The molecule has 21 heavy (non-hydrogen) atoms. The van der Waals surface area contributed by atoms with Crippen LogP contribution in [0.1, 0.15) is 5.56 Å². The van der Waals surface area contributed by atoms with Crippen LogP contribution >= 0.6 is 15.9 Å². The maximum Gasteiger partial charge on any atom is 0.418 e. The SMILES string of the molecule is Fc1cc2cnn(-c3ccccc3C(F)(F)F)c2cc1Br. The number of aromatic nitrogens is 2. The number of hydrogen-bond acceptors (Lipinski definition) is 1. The molecular weight excluding hydrogens is 352 g/mol. The standard InChI is InChI=1S/C14H7BrF4N2/c15-10-6-13-8(5-11(10)16)7-20-21(13)12-4-2-1-3-9(12)14(17,18)19/h1-7H. The fraction of sp³-hybridized carbons (Fsp3) is 0.0714. The average molecular weight is 359 g/mol. The van der Waals surface area contributed by atoms with E-state index in [-0.39, 0.29) is 10.2 Å². The molecule has 0 aliphatic rings. The van der Waals surface area contributed by atoms with Gasteiger partial charge in [-0.1, -0.05) is 12.1 Å². The first-order chi connectivity index (χ1) is 9.88. The Balaban J connectivity index is 2.29. The highest BCUT2D eigenvalue weighted by Gasteiger charge is 2.34. The van der Waals surface area contributed by atoms with E-state index in [0.29, 0.717) is 10.9 Å². The summed E-state index contributed by atoms with van der Waals surface area (Å²) in [5, 5.41) is 4.37. The van der Waals surface area contributed by atoms with Crippen LogP contribution in [0.25, 0.3) is 16.6 Å². The summed E-state index contributed by atoms with van der Waals surface area (Å²) in [7, 11) is 0. The first-order valence-corrected chi connectivity index (χ1v) is 6.66. The maximum atomic E-state index is 13.5. The Morgan fingerprint density at radius 1 is 1.10 bits per heavy atom. The van der Waals surface area contributed by atoms with Crippen LogP contribution in [-0.4, -0.2) is 9.78 Å². The van der Waals surface area contributed by atoms with E-state index in [9.17, 15) is 17.6 Å². The molecule has 2 nitrogen and oxygen atoms in total. The van der Waals surface area contributed by atoms with Crippen LogP contribution in [0.3, 0.4) is 0 Å². The lowest BCUT2D eigenvalue weighted by atomic mass is 10.1. The van der Waals surface area contributed by atoms with Crippen molar-refractivity contribution < 1.29 is 17.6 Å². The molecule has 0 fully saturated rings. The number of para-hydroxylation sites is 1.